The Kier molecular flexibility index (Phi) is 2.59. The molecule has 0 aliphatic carbocycles. The van der Waals surface area contributed by atoms with E-state index in [1.54, 1.807) is 13.8 Å². The van der Waals surface area contributed by atoms with Crippen LogP contribution in [-0.4, -0.2) is 54.0 Å². The normalized spacial score (nSPS) is 49.5. The maximum Gasteiger partial charge on any atom is 0.224 e. The molecule has 6 nitrogen and oxygen atoms in total. The van der Waals surface area contributed by atoms with Crippen LogP contribution in [-0.2, 0) is 23.7 Å². The lowest BCUT2D eigenvalue weighted by Crippen LogP contribution is -2.61. The van der Waals surface area contributed by atoms with Crippen molar-refractivity contribution in [2.75, 3.05) is 13.2 Å². The van der Waals surface area contributed by atoms with E-state index in [1.165, 1.54) is 0 Å². The third-order valence-electron chi connectivity index (χ3n) is 3.51. The van der Waals surface area contributed by atoms with Gasteiger partial charge in [0.15, 0.2) is 11.6 Å². The van der Waals surface area contributed by atoms with Crippen LogP contribution in [0.3, 0.4) is 0 Å². The number of hydrogen-bond donors (Lipinski definition) is 1. The first-order valence-corrected chi connectivity index (χ1v) is 6.25. The highest BCUT2D eigenvalue weighted by Gasteiger charge is 2.62. The van der Waals surface area contributed by atoms with Crippen LogP contribution in [0.5, 0.6) is 0 Å². The summed E-state index contributed by atoms with van der Waals surface area (Å²) in [6.07, 6.45) is -1.65. The number of hydrogen-bond acceptors (Lipinski definition) is 6. The summed E-state index contributed by atoms with van der Waals surface area (Å²) in [6.45, 7) is 7.74. The first-order valence-electron chi connectivity index (χ1n) is 6.25. The molecule has 0 radical (unpaired) electrons. The summed E-state index contributed by atoms with van der Waals surface area (Å²) in [5.41, 5.74) is 0. The molecular weight excluding hydrogens is 240 g/mol. The molecular formula is C12H20O6. The molecule has 3 heterocycles. The molecule has 3 aliphatic rings. The van der Waals surface area contributed by atoms with Crippen molar-refractivity contribution < 1.29 is 28.8 Å². The number of aliphatic hydroxyl groups excluding tert-OH is 1. The lowest BCUT2D eigenvalue weighted by Gasteiger charge is -2.41. The van der Waals surface area contributed by atoms with Crippen LogP contribution in [0.4, 0.5) is 0 Å². The van der Waals surface area contributed by atoms with Gasteiger partial charge in [0.1, 0.15) is 24.9 Å². The Hall–Kier alpha value is -0.240. The maximum absolute atomic E-state index is 10.5. The molecule has 6 heteroatoms. The van der Waals surface area contributed by atoms with Gasteiger partial charge in [-0.2, -0.15) is 0 Å². The molecule has 0 amide bonds. The maximum atomic E-state index is 10.5. The van der Waals surface area contributed by atoms with Gasteiger partial charge >= 0.3 is 0 Å². The van der Waals surface area contributed by atoms with Gasteiger partial charge in [-0.3, -0.25) is 0 Å². The second kappa shape index (κ2) is 3.65. The standard InChI is InChI=1S/C12H20O6/c1-10(2)15-6-12(18-10)9(13)8-7(5-14-12)16-11(3,4)17-8/h7-9,13H,5-6H2,1-4H3/t7-,8-,9?,12+/m0/s1. The lowest BCUT2D eigenvalue weighted by molar-refractivity contribution is -0.326. The van der Waals surface area contributed by atoms with E-state index >= 15 is 0 Å². The number of ether oxygens (including phenoxy) is 5. The van der Waals surface area contributed by atoms with E-state index in [-0.39, 0.29) is 12.7 Å². The summed E-state index contributed by atoms with van der Waals surface area (Å²) in [4.78, 5) is 0. The second-order valence-electron chi connectivity index (χ2n) is 6.00. The third kappa shape index (κ3) is 1.88. The third-order valence-corrected chi connectivity index (χ3v) is 3.51. The SMILES string of the molecule is CC1(C)O[C@H]2CO[C@@]3(COC(C)(C)O3)C(O)[C@H]2O1. The molecule has 104 valence electrons. The summed E-state index contributed by atoms with van der Waals surface area (Å²) < 4.78 is 28.3. The van der Waals surface area contributed by atoms with E-state index in [0.717, 1.165) is 0 Å². The van der Waals surface area contributed by atoms with Crippen molar-refractivity contribution in [2.45, 2.75) is 63.4 Å². The van der Waals surface area contributed by atoms with Gasteiger partial charge in [-0.05, 0) is 27.7 Å². The van der Waals surface area contributed by atoms with Gasteiger partial charge in [-0.15, -0.1) is 0 Å². The van der Waals surface area contributed by atoms with Crippen LogP contribution in [0.15, 0.2) is 0 Å². The summed E-state index contributed by atoms with van der Waals surface area (Å²) in [5.74, 6) is -2.61. The van der Waals surface area contributed by atoms with Gasteiger partial charge in [-0.1, -0.05) is 0 Å². The zero-order chi connectivity index (χ0) is 13.2. The quantitative estimate of drug-likeness (QED) is 0.679. The van der Waals surface area contributed by atoms with Crippen LogP contribution in [0.25, 0.3) is 0 Å². The Balaban J connectivity index is 1.82. The highest BCUT2D eigenvalue weighted by Crippen LogP contribution is 2.43. The van der Waals surface area contributed by atoms with Crippen molar-refractivity contribution in [1.29, 1.82) is 0 Å². The minimum Gasteiger partial charge on any atom is -0.385 e. The molecule has 4 atom stereocenters. The Morgan fingerprint density at radius 1 is 1.00 bits per heavy atom. The van der Waals surface area contributed by atoms with Gasteiger partial charge in [-0.25, -0.2) is 0 Å². The first kappa shape index (κ1) is 12.8. The van der Waals surface area contributed by atoms with Crippen LogP contribution in [0.1, 0.15) is 27.7 Å². The molecule has 0 aromatic rings. The predicted molar refractivity (Wildman–Crippen MR) is 59.6 cm³/mol. The molecule has 0 saturated carbocycles. The predicted octanol–water partition coefficient (Wildman–Crippen LogP) is 0.377. The molecule has 0 bridgehead atoms. The number of rotatable bonds is 0. The first-order chi connectivity index (χ1) is 8.23. The fourth-order valence-electron chi connectivity index (χ4n) is 2.78. The molecule has 0 aromatic carbocycles. The molecule has 3 saturated heterocycles. The largest absolute Gasteiger partial charge is 0.385 e. The van der Waals surface area contributed by atoms with Crippen molar-refractivity contribution >= 4 is 0 Å². The average molecular weight is 260 g/mol. The minimum atomic E-state index is -1.14. The summed E-state index contributed by atoms with van der Waals surface area (Å²) in [7, 11) is 0. The van der Waals surface area contributed by atoms with Crippen LogP contribution in [0.2, 0.25) is 0 Å². The number of fused-ring (bicyclic) bond motifs is 1. The smallest absolute Gasteiger partial charge is 0.224 e. The van der Waals surface area contributed by atoms with E-state index in [9.17, 15) is 5.11 Å². The topological polar surface area (TPSA) is 66.4 Å². The lowest BCUT2D eigenvalue weighted by atomic mass is 9.97. The zero-order valence-electron chi connectivity index (χ0n) is 11.1. The fraction of sp³-hybridized carbons (Fsp3) is 1.00. The van der Waals surface area contributed by atoms with E-state index in [2.05, 4.69) is 0 Å². The highest BCUT2D eigenvalue weighted by atomic mass is 16.9. The van der Waals surface area contributed by atoms with Crippen molar-refractivity contribution in [3.8, 4) is 0 Å². The summed E-state index contributed by atoms with van der Waals surface area (Å²) >= 11 is 0. The molecule has 1 spiro atoms. The Morgan fingerprint density at radius 3 is 2.33 bits per heavy atom. The molecule has 3 fully saturated rings. The highest BCUT2D eigenvalue weighted by molar-refractivity contribution is 5.00. The van der Waals surface area contributed by atoms with Crippen LogP contribution < -0.4 is 0 Å². The van der Waals surface area contributed by atoms with E-state index in [1.807, 2.05) is 13.8 Å². The second-order valence-corrected chi connectivity index (χ2v) is 6.00. The van der Waals surface area contributed by atoms with Gasteiger partial charge in [0.05, 0.1) is 6.61 Å². The molecule has 1 N–H and O–H groups in total. The van der Waals surface area contributed by atoms with Crippen molar-refractivity contribution in [3.05, 3.63) is 0 Å². The average Bonchev–Trinajstić information content (AvgIpc) is 2.71. The van der Waals surface area contributed by atoms with Crippen molar-refractivity contribution in [2.24, 2.45) is 0 Å². The monoisotopic (exact) mass is 260 g/mol. The van der Waals surface area contributed by atoms with Crippen molar-refractivity contribution in [1.82, 2.24) is 0 Å². The molecule has 3 aliphatic heterocycles. The van der Waals surface area contributed by atoms with E-state index < -0.39 is 29.6 Å². The molecule has 1 unspecified atom stereocenters. The number of aliphatic hydroxyl groups is 1. The van der Waals surface area contributed by atoms with Gasteiger partial charge in [0, 0.05) is 0 Å². The molecule has 3 rings (SSSR count). The summed E-state index contributed by atoms with van der Waals surface area (Å²) in [6, 6.07) is 0. The summed E-state index contributed by atoms with van der Waals surface area (Å²) in [5, 5.41) is 10.5. The van der Waals surface area contributed by atoms with Crippen LogP contribution >= 0.6 is 0 Å². The Morgan fingerprint density at radius 2 is 1.72 bits per heavy atom. The van der Waals surface area contributed by atoms with Gasteiger partial charge in [0.25, 0.3) is 0 Å². The van der Waals surface area contributed by atoms with Gasteiger partial charge < -0.3 is 28.8 Å². The molecule has 0 aromatic heterocycles. The van der Waals surface area contributed by atoms with E-state index in [0.29, 0.717) is 6.61 Å². The van der Waals surface area contributed by atoms with Crippen LogP contribution in [0, 0.1) is 0 Å². The van der Waals surface area contributed by atoms with Gasteiger partial charge in [0.2, 0.25) is 5.79 Å². The fourth-order valence-corrected chi connectivity index (χ4v) is 2.78. The molecule has 18 heavy (non-hydrogen) atoms. The van der Waals surface area contributed by atoms with E-state index in [4.69, 9.17) is 23.7 Å². The Bertz CT molecular complexity index is 352. The minimum absolute atomic E-state index is 0.189. The zero-order valence-corrected chi connectivity index (χ0v) is 11.1. The van der Waals surface area contributed by atoms with Crippen molar-refractivity contribution in [3.63, 3.8) is 0 Å². The Labute approximate surface area is 106 Å².